The molecule has 3 heterocycles. The Hall–Kier alpha value is -5.19. The van der Waals surface area contributed by atoms with Crippen LogP contribution in [-0.4, -0.2) is 46.8 Å². The third kappa shape index (κ3) is 5.67. The number of hydrogen-bond acceptors (Lipinski definition) is 9. The van der Waals surface area contributed by atoms with Gasteiger partial charge < -0.3 is 18.9 Å². The lowest BCUT2D eigenvalue weighted by Crippen LogP contribution is -2.13. The molecule has 2 aromatic carbocycles. The van der Waals surface area contributed by atoms with E-state index in [2.05, 4.69) is 20.2 Å². The molecule has 5 aromatic rings. The van der Waals surface area contributed by atoms with Gasteiger partial charge in [-0.05, 0) is 49.2 Å². The van der Waals surface area contributed by atoms with E-state index in [4.69, 9.17) is 18.9 Å². The van der Waals surface area contributed by atoms with Crippen molar-refractivity contribution in [2.75, 3.05) is 20.8 Å². The zero-order chi connectivity index (χ0) is 29.8. The summed E-state index contributed by atoms with van der Waals surface area (Å²) < 4.78 is 51.0. The van der Waals surface area contributed by atoms with Gasteiger partial charge in [-0.25, -0.2) is 13.8 Å². The summed E-state index contributed by atoms with van der Waals surface area (Å²) in [5.74, 6) is -0.449. The minimum Gasteiger partial charge on any atom is -0.491 e. The number of ketones is 1. The van der Waals surface area contributed by atoms with Crippen molar-refractivity contribution in [1.82, 2.24) is 20.2 Å². The third-order valence-corrected chi connectivity index (χ3v) is 6.39. The van der Waals surface area contributed by atoms with Crippen LogP contribution in [0, 0.1) is 18.6 Å². The normalized spacial score (nSPS) is 10.9. The lowest BCUT2D eigenvalue weighted by Gasteiger charge is -2.15. The summed E-state index contributed by atoms with van der Waals surface area (Å²) in [6, 6.07) is 13.2. The van der Waals surface area contributed by atoms with Crippen molar-refractivity contribution in [3.63, 3.8) is 0 Å². The number of pyridine rings is 2. The number of nitrogens with zero attached hydrogens (tertiary/aromatic N) is 4. The molecule has 0 radical (unpaired) electrons. The summed E-state index contributed by atoms with van der Waals surface area (Å²) in [6.45, 7) is 3.77. The van der Waals surface area contributed by atoms with Gasteiger partial charge in [-0.15, -0.1) is 5.10 Å². The first kappa shape index (κ1) is 28.3. The molecule has 0 aliphatic heterocycles. The Balaban J connectivity index is 1.42. The van der Waals surface area contributed by atoms with Gasteiger partial charge in [0.2, 0.25) is 0 Å². The molecule has 0 N–H and O–H groups in total. The van der Waals surface area contributed by atoms with Crippen molar-refractivity contribution >= 4 is 16.8 Å². The number of methoxy groups -OCH3 is 2. The molecular weight excluding hydrogens is 546 g/mol. The van der Waals surface area contributed by atoms with Crippen LogP contribution in [0.3, 0.4) is 0 Å². The van der Waals surface area contributed by atoms with Crippen LogP contribution in [0.2, 0.25) is 0 Å². The molecule has 0 unspecified atom stereocenters. The maximum Gasteiger partial charge on any atom is 0.257 e. The molecule has 0 aliphatic rings. The van der Waals surface area contributed by atoms with E-state index in [1.807, 2.05) is 0 Å². The minimum absolute atomic E-state index is 0.00112. The van der Waals surface area contributed by atoms with Crippen LogP contribution in [0.4, 0.5) is 8.78 Å². The first-order valence-corrected chi connectivity index (χ1v) is 13.0. The van der Waals surface area contributed by atoms with E-state index >= 15 is 4.39 Å². The first-order chi connectivity index (χ1) is 20.3. The van der Waals surface area contributed by atoms with Crippen molar-refractivity contribution in [1.29, 1.82) is 0 Å². The maximum atomic E-state index is 15.2. The second-order valence-electron chi connectivity index (χ2n) is 9.12. The minimum atomic E-state index is -0.683. The van der Waals surface area contributed by atoms with Gasteiger partial charge in [0.25, 0.3) is 5.88 Å². The van der Waals surface area contributed by atoms with E-state index in [1.54, 1.807) is 44.2 Å². The van der Waals surface area contributed by atoms with Gasteiger partial charge in [-0.2, -0.15) is 5.10 Å². The second-order valence-corrected chi connectivity index (χ2v) is 9.12. The monoisotopic (exact) mass is 572 g/mol. The summed E-state index contributed by atoms with van der Waals surface area (Å²) in [6.07, 6.45) is 1.34. The lowest BCUT2D eigenvalue weighted by atomic mass is 9.99. The highest BCUT2D eigenvalue weighted by Crippen LogP contribution is 2.36. The molecule has 0 saturated heterocycles. The van der Waals surface area contributed by atoms with E-state index in [1.165, 1.54) is 44.7 Å². The van der Waals surface area contributed by atoms with Crippen LogP contribution < -0.4 is 18.9 Å². The molecular formula is C31H26F2N4O5. The number of hydrogen-bond donors (Lipinski definition) is 0. The van der Waals surface area contributed by atoms with Gasteiger partial charge in [0.15, 0.2) is 40.3 Å². The number of carbonyl (C=O) groups is 1. The molecule has 214 valence electrons. The highest BCUT2D eigenvalue weighted by atomic mass is 19.1. The third-order valence-electron chi connectivity index (χ3n) is 6.39. The number of aryl methyl sites for hydroxylation is 1. The number of carbonyl (C=O) groups excluding carboxylic acids is 1. The average molecular weight is 573 g/mol. The highest BCUT2D eigenvalue weighted by molar-refractivity contribution is 6.00. The Morgan fingerprint density at radius 2 is 1.69 bits per heavy atom. The number of rotatable bonds is 10. The van der Waals surface area contributed by atoms with Crippen LogP contribution >= 0.6 is 0 Å². The fourth-order valence-electron chi connectivity index (χ4n) is 4.44. The molecule has 0 bridgehead atoms. The van der Waals surface area contributed by atoms with Gasteiger partial charge in [0.1, 0.15) is 11.3 Å². The number of Topliss-reactive ketones (excluding diaryl/α,β-unsaturated/α-hetero) is 1. The maximum absolute atomic E-state index is 15.2. The molecule has 11 heteroatoms. The number of ether oxygens (including phenoxy) is 4. The van der Waals surface area contributed by atoms with Crippen LogP contribution in [0.15, 0.2) is 60.8 Å². The SMILES string of the molecule is CCOc1c(C(=O)Cc2ccc(Oc3ccnc4cc(OC)c(OC)nc34)c(F)c2)nnc(C)c1-c1ccc(F)cc1. The molecule has 0 amide bonds. The van der Waals surface area contributed by atoms with E-state index < -0.39 is 17.4 Å². The van der Waals surface area contributed by atoms with Crippen LogP contribution in [0.5, 0.6) is 28.9 Å². The standard InChI is InChI=1S/C31H26F2N4O5/c1-5-41-30-27(19-7-9-20(32)10-8-19)17(2)36-37-29(30)23(38)15-18-6-11-24(21(33)14-18)42-25-12-13-34-22-16-26(39-3)31(40-4)35-28(22)25/h6-14,16H,5,15H2,1-4H3. The smallest absolute Gasteiger partial charge is 0.257 e. The topological polar surface area (TPSA) is 106 Å². The molecule has 0 fully saturated rings. The van der Waals surface area contributed by atoms with Crippen LogP contribution in [0.1, 0.15) is 28.7 Å². The Morgan fingerprint density at radius 3 is 2.38 bits per heavy atom. The van der Waals surface area contributed by atoms with Crippen molar-refractivity contribution in [3.05, 3.63) is 89.4 Å². The zero-order valence-corrected chi connectivity index (χ0v) is 23.3. The predicted molar refractivity (Wildman–Crippen MR) is 150 cm³/mol. The largest absolute Gasteiger partial charge is 0.491 e. The molecule has 5 rings (SSSR count). The number of benzene rings is 2. The zero-order valence-electron chi connectivity index (χ0n) is 23.3. The van der Waals surface area contributed by atoms with Gasteiger partial charge in [0.05, 0.1) is 32.0 Å². The second kappa shape index (κ2) is 12.1. The Labute approximate surface area is 240 Å². The van der Waals surface area contributed by atoms with Crippen molar-refractivity contribution < 1.29 is 32.5 Å². The predicted octanol–water partition coefficient (Wildman–Crippen LogP) is 6.31. The molecule has 0 atom stereocenters. The first-order valence-electron chi connectivity index (χ1n) is 13.0. The molecule has 0 saturated carbocycles. The molecule has 0 aliphatic carbocycles. The van der Waals surface area contributed by atoms with E-state index in [9.17, 15) is 9.18 Å². The summed E-state index contributed by atoms with van der Waals surface area (Å²) >= 11 is 0. The van der Waals surface area contributed by atoms with Crippen molar-refractivity contribution in [2.24, 2.45) is 0 Å². The summed E-state index contributed by atoms with van der Waals surface area (Å²) in [4.78, 5) is 22.0. The number of fused-ring (bicyclic) bond motifs is 1. The quantitative estimate of drug-likeness (QED) is 0.178. The van der Waals surface area contributed by atoms with Crippen molar-refractivity contribution in [3.8, 4) is 40.0 Å². The Morgan fingerprint density at radius 1 is 0.905 bits per heavy atom. The molecule has 0 spiro atoms. The highest BCUT2D eigenvalue weighted by Gasteiger charge is 2.23. The average Bonchev–Trinajstić information content (AvgIpc) is 2.99. The van der Waals surface area contributed by atoms with Gasteiger partial charge in [-0.1, -0.05) is 18.2 Å². The van der Waals surface area contributed by atoms with Crippen LogP contribution in [0.25, 0.3) is 22.2 Å². The fraction of sp³-hybridized carbons (Fsp3) is 0.194. The summed E-state index contributed by atoms with van der Waals surface area (Å²) in [5, 5.41) is 8.24. The molecule has 9 nitrogen and oxygen atoms in total. The van der Waals surface area contributed by atoms with Gasteiger partial charge in [-0.3, -0.25) is 9.78 Å². The van der Waals surface area contributed by atoms with Gasteiger partial charge >= 0.3 is 0 Å². The van der Waals surface area contributed by atoms with E-state index in [0.29, 0.717) is 39.2 Å². The number of halogens is 2. The van der Waals surface area contributed by atoms with E-state index in [-0.39, 0.29) is 41.9 Å². The lowest BCUT2D eigenvalue weighted by molar-refractivity contribution is 0.0983. The molecule has 42 heavy (non-hydrogen) atoms. The van der Waals surface area contributed by atoms with Crippen molar-refractivity contribution in [2.45, 2.75) is 20.3 Å². The fourth-order valence-corrected chi connectivity index (χ4v) is 4.44. The van der Waals surface area contributed by atoms with E-state index in [0.717, 1.165) is 0 Å². The summed E-state index contributed by atoms with van der Waals surface area (Å²) in [7, 11) is 2.94. The Kier molecular flexibility index (Phi) is 8.19. The molecule has 3 aromatic heterocycles. The van der Waals surface area contributed by atoms with Crippen LogP contribution in [-0.2, 0) is 6.42 Å². The summed E-state index contributed by atoms with van der Waals surface area (Å²) in [5.41, 5.74) is 2.90. The Bertz CT molecular complexity index is 1780. The van der Waals surface area contributed by atoms with Gasteiger partial charge in [0, 0.05) is 30.3 Å². The number of aromatic nitrogens is 4.